The molecule has 0 aliphatic carbocycles. The lowest BCUT2D eigenvalue weighted by atomic mass is 9.96. The molecule has 1 aromatic rings. The molecule has 0 atom stereocenters. The Morgan fingerprint density at radius 3 is 2.67 bits per heavy atom. The zero-order chi connectivity index (χ0) is 9.19. The van der Waals surface area contributed by atoms with Gasteiger partial charge in [0.05, 0.1) is 5.88 Å². The molecule has 0 N–H and O–H groups in total. The minimum atomic E-state index is 0.152. The maximum atomic E-state index is 4.36. The SMILES string of the molecule is CSCn1ccnc1C(C)(C)C. The summed E-state index contributed by atoms with van der Waals surface area (Å²) in [6.45, 7) is 6.56. The van der Waals surface area contributed by atoms with E-state index in [1.807, 2.05) is 24.2 Å². The van der Waals surface area contributed by atoms with E-state index < -0.39 is 0 Å². The van der Waals surface area contributed by atoms with E-state index in [-0.39, 0.29) is 5.41 Å². The average molecular weight is 184 g/mol. The van der Waals surface area contributed by atoms with Crippen molar-refractivity contribution in [2.45, 2.75) is 32.1 Å². The number of aromatic nitrogens is 2. The van der Waals surface area contributed by atoms with E-state index in [1.54, 1.807) is 0 Å². The van der Waals surface area contributed by atoms with Crippen LogP contribution in [0, 0.1) is 0 Å². The average Bonchev–Trinajstić information content (AvgIpc) is 2.34. The van der Waals surface area contributed by atoms with Crippen LogP contribution in [-0.4, -0.2) is 15.8 Å². The Morgan fingerprint density at radius 2 is 2.17 bits per heavy atom. The molecule has 0 saturated carbocycles. The fourth-order valence-electron chi connectivity index (χ4n) is 1.20. The molecule has 1 rings (SSSR count). The minimum absolute atomic E-state index is 0.152. The van der Waals surface area contributed by atoms with Gasteiger partial charge in [0.15, 0.2) is 0 Å². The highest BCUT2D eigenvalue weighted by Gasteiger charge is 2.18. The Hall–Kier alpha value is -0.440. The second-order valence-electron chi connectivity index (χ2n) is 3.89. The van der Waals surface area contributed by atoms with Crippen molar-refractivity contribution in [1.29, 1.82) is 0 Å². The molecule has 3 heteroatoms. The predicted octanol–water partition coefficient (Wildman–Crippen LogP) is 2.50. The van der Waals surface area contributed by atoms with Gasteiger partial charge in [-0.05, 0) is 6.26 Å². The number of hydrogen-bond donors (Lipinski definition) is 0. The minimum Gasteiger partial charge on any atom is -0.325 e. The highest BCUT2D eigenvalue weighted by atomic mass is 32.2. The number of hydrogen-bond acceptors (Lipinski definition) is 2. The van der Waals surface area contributed by atoms with Crippen LogP contribution in [0.5, 0.6) is 0 Å². The molecular weight excluding hydrogens is 168 g/mol. The molecule has 0 aliphatic rings. The van der Waals surface area contributed by atoms with Crippen molar-refractivity contribution in [1.82, 2.24) is 9.55 Å². The fourth-order valence-corrected chi connectivity index (χ4v) is 1.68. The van der Waals surface area contributed by atoms with Crippen LogP contribution in [0.15, 0.2) is 12.4 Å². The first-order valence-corrected chi connectivity index (χ1v) is 5.45. The van der Waals surface area contributed by atoms with Crippen molar-refractivity contribution in [2.24, 2.45) is 0 Å². The molecule has 0 spiro atoms. The Morgan fingerprint density at radius 1 is 1.50 bits per heavy atom. The van der Waals surface area contributed by atoms with Crippen LogP contribution in [0.4, 0.5) is 0 Å². The summed E-state index contributed by atoms with van der Waals surface area (Å²) in [6, 6.07) is 0. The zero-order valence-corrected chi connectivity index (χ0v) is 8.98. The maximum Gasteiger partial charge on any atom is 0.114 e. The summed E-state index contributed by atoms with van der Waals surface area (Å²) in [6.07, 6.45) is 6.01. The maximum absolute atomic E-state index is 4.36. The van der Waals surface area contributed by atoms with Gasteiger partial charge in [0.2, 0.25) is 0 Å². The standard InChI is InChI=1S/C9H16N2S/c1-9(2,3)8-10-5-6-11(8)7-12-4/h5-6H,7H2,1-4H3. The highest BCUT2D eigenvalue weighted by molar-refractivity contribution is 7.97. The van der Waals surface area contributed by atoms with E-state index in [1.165, 1.54) is 0 Å². The van der Waals surface area contributed by atoms with E-state index in [0.29, 0.717) is 0 Å². The van der Waals surface area contributed by atoms with Crippen LogP contribution < -0.4 is 0 Å². The molecule has 0 unspecified atom stereocenters. The van der Waals surface area contributed by atoms with Crippen LogP contribution in [0.3, 0.4) is 0 Å². The molecule has 1 aromatic heterocycles. The Kier molecular flexibility index (Phi) is 2.83. The molecule has 0 amide bonds. The Bertz CT molecular complexity index is 247. The van der Waals surface area contributed by atoms with Crippen LogP contribution in [0.1, 0.15) is 26.6 Å². The lowest BCUT2D eigenvalue weighted by Gasteiger charge is -2.19. The quantitative estimate of drug-likeness (QED) is 0.703. The van der Waals surface area contributed by atoms with Gasteiger partial charge in [0, 0.05) is 17.8 Å². The molecular formula is C9H16N2S. The second kappa shape index (κ2) is 3.52. The first-order chi connectivity index (χ1) is 5.55. The van der Waals surface area contributed by atoms with Crippen molar-refractivity contribution in [3.8, 4) is 0 Å². The molecule has 0 fully saturated rings. The van der Waals surface area contributed by atoms with E-state index in [0.717, 1.165) is 11.7 Å². The summed E-state index contributed by atoms with van der Waals surface area (Å²) in [5, 5.41) is 0. The molecule has 2 nitrogen and oxygen atoms in total. The second-order valence-corrected chi connectivity index (χ2v) is 4.72. The first kappa shape index (κ1) is 9.65. The fraction of sp³-hybridized carbons (Fsp3) is 0.667. The summed E-state index contributed by atoms with van der Waals surface area (Å²) in [4.78, 5) is 4.36. The summed E-state index contributed by atoms with van der Waals surface area (Å²) >= 11 is 1.81. The highest BCUT2D eigenvalue weighted by Crippen LogP contribution is 2.20. The number of rotatable bonds is 2. The molecule has 0 radical (unpaired) electrons. The van der Waals surface area contributed by atoms with Gasteiger partial charge in [-0.2, -0.15) is 0 Å². The van der Waals surface area contributed by atoms with Crippen LogP contribution in [-0.2, 0) is 11.3 Å². The van der Waals surface area contributed by atoms with Crippen molar-refractivity contribution in [2.75, 3.05) is 6.26 Å². The summed E-state index contributed by atoms with van der Waals surface area (Å²) in [5.74, 6) is 2.16. The van der Waals surface area contributed by atoms with E-state index in [9.17, 15) is 0 Å². The van der Waals surface area contributed by atoms with Gasteiger partial charge in [-0.1, -0.05) is 20.8 Å². The lowest BCUT2D eigenvalue weighted by Crippen LogP contribution is -2.18. The molecule has 12 heavy (non-hydrogen) atoms. The van der Waals surface area contributed by atoms with E-state index >= 15 is 0 Å². The molecule has 1 heterocycles. The van der Waals surface area contributed by atoms with Gasteiger partial charge >= 0.3 is 0 Å². The Balaban J connectivity index is 2.91. The third-order valence-corrected chi connectivity index (χ3v) is 2.19. The van der Waals surface area contributed by atoms with Gasteiger partial charge in [-0.3, -0.25) is 0 Å². The van der Waals surface area contributed by atoms with Gasteiger partial charge in [-0.15, -0.1) is 11.8 Å². The van der Waals surface area contributed by atoms with Crippen LogP contribution in [0.25, 0.3) is 0 Å². The Labute approximate surface area is 78.4 Å². The van der Waals surface area contributed by atoms with Gasteiger partial charge < -0.3 is 4.57 Å². The smallest absolute Gasteiger partial charge is 0.114 e. The van der Waals surface area contributed by atoms with Gasteiger partial charge in [0.25, 0.3) is 0 Å². The van der Waals surface area contributed by atoms with Crippen LogP contribution >= 0.6 is 11.8 Å². The van der Waals surface area contributed by atoms with Crippen molar-refractivity contribution < 1.29 is 0 Å². The third-order valence-electron chi connectivity index (χ3n) is 1.65. The predicted molar refractivity (Wildman–Crippen MR) is 54.4 cm³/mol. The lowest BCUT2D eigenvalue weighted by molar-refractivity contribution is 0.520. The largest absolute Gasteiger partial charge is 0.325 e. The van der Waals surface area contributed by atoms with Crippen molar-refractivity contribution in [3.63, 3.8) is 0 Å². The first-order valence-electron chi connectivity index (χ1n) is 4.06. The molecule has 0 aliphatic heterocycles. The number of imidazole rings is 1. The molecule has 68 valence electrons. The number of thioether (sulfide) groups is 1. The van der Waals surface area contributed by atoms with Gasteiger partial charge in [-0.25, -0.2) is 4.98 Å². The van der Waals surface area contributed by atoms with Crippen LogP contribution in [0.2, 0.25) is 0 Å². The van der Waals surface area contributed by atoms with E-state index in [2.05, 4.69) is 36.6 Å². The number of nitrogens with zero attached hydrogens (tertiary/aromatic N) is 2. The summed E-state index contributed by atoms with van der Waals surface area (Å²) in [7, 11) is 0. The normalized spacial score (nSPS) is 12.0. The zero-order valence-electron chi connectivity index (χ0n) is 8.16. The summed E-state index contributed by atoms with van der Waals surface area (Å²) in [5.41, 5.74) is 0.152. The monoisotopic (exact) mass is 184 g/mol. The molecule has 0 bridgehead atoms. The molecule has 0 saturated heterocycles. The van der Waals surface area contributed by atoms with Gasteiger partial charge in [0.1, 0.15) is 5.82 Å². The molecule has 0 aromatic carbocycles. The third kappa shape index (κ3) is 2.03. The van der Waals surface area contributed by atoms with Crippen molar-refractivity contribution in [3.05, 3.63) is 18.2 Å². The topological polar surface area (TPSA) is 17.8 Å². The van der Waals surface area contributed by atoms with Crippen molar-refractivity contribution >= 4 is 11.8 Å². The van der Waals surface area contributed by atoms with E-state index in [4.69, 9.17) is 0 Å². The summed E-state index contributed by atoms with van der Waals surface area (Å²) < 4.78 is 2.20.